The van der Waals surface area contributed by atoms with Gasteiger partial charge in [0.2, 0.25) is 0 Å². The van der Waals surface area contributed by atoms with Gasteiger partial charge in [0.25, 0.3) is 0 Å². The van der Waals surface area contributed by atoms with Crippen LogP contribution in [0.3, 0.4) is 0 Å². The molecule has 1 aromatic carbocycles. The zero-order valence-corrected chi connectivity index (χ0v) is 7.82. The lowest BCUT2D eigenvalue weighted by atomic mass is 10.2. The maximum absolute atomic E-state index is 11.6. The van der Waals surface area contributed by atoms with Gasteiger partial charge in [0.1, 0.15) is 0 Å². The number of hydrogen-bond acceptors (Lipinski definition) is 3. The third kappa shape index (κ3) is 1.25. The SMILES string of the molecule is CC(C)N1c2ccccc2NC1[O-]. The van der Waals surface area contributed by atoms with Gasteiger partial charge in [0.05, 0.1) is 11.4 Å². The van der Waals surface area contributed by atoms with E-state index >= 15 is 0 Å². The summed E-state index contributed by atoms with van der Waals surface area (Å²) >= 11 is 0. The van der Waals surface area contributed by atoms with E-state index in [-0.39, 0.29) is 6.04 Å². The molecule has 2 rings (SSSR count). The Bertz CT molecular complexity index is 312. The van der Waals surface area contributed by atoms with Crippen LogP contribution in [0.5, 0.6) is 0 Å². The molecule has 0 amide bonds. The summed E-state index contributed by atoms with van der Waals surface area (Å²) in [6, 6.07) is 8.03. The van der Waals surface area contributed by atoms with Crippen LogP contribution < -0.4 is 15.3 Å². The first kappa shape index (κ1) is 8.38. The minimum atomic E-state index is -0.836. The van der Waals surface area contributed by atoms with Crippen molar-refractivity contribution >= 4 is 11.4 Å². The Morgan fingerprint density at radius 2 is 2.08 bits per heavy atom. The first-order chi connectivity index (χ1) is 6.20. The molecule has 0 spiro atoms. The van der Waals surface area contributed by atoms with Crippen molar-refractivity contribution in [1.29, 1.82) is 0 Å². The Balaban J connectivity index is 2.40. The van der Waals surface area contributed by atoms with Crippen molar-refractivity contribution in [3.63, 3.8) is 0 Å². The summed E-state index contributed by atoms with van der Waals surface area (Å²) in [6.45, 7) is 4.04. The largest absolute Gasteiger partial charge is 0.820 e. The van der Waals surface area contributed by atoms with E-state index in [4.69, 9.17) is 0 Å². The average molecular weight is 177 g/mol. The fraction of sp³-hybridized carbons (Fsp3) is 0.400. The van der Waals surface area contributed by atoms with E-state index in [9.17, 15) is 5.11 Å². The monoisotopic (exact) mass is 177 g/mol. The summed E-state index contributed by atoms with van der Waals surface area (Å²) in [5, 5.41) is 14.5. The standard InChI is InChI=1S/C10H13N2O/c1-7(2)12-9-6-4-3-5-8(9)11-10(12)13/h3-7,10-11H,1-2H3/q-1. The molecular formula is C10H13N2O-. The molecular weight excluding hydrogens is 164 g/mol. The van der Waals surface area contributed by atoms with Crippen molar-refractivity contribution in [3.05, 3.63) is 24.3 Å². The summed E-state index contributed by atoms with van der Waals surface area (Å²) in [4.78, 5) is 1.84. The quantitative estimate of drug-likeness (QED) is 0.694. The van der Waals surface area contributed by atoms with Crippen molar-refractivity contribution in [2.24, 2.45) is 0 Å². The second-order valence-corrected chi connectivity index (χ2v) is 3.51. The fourth-order valence-electron chi connectivity index (χ4n) is 1.70. The molecule has 1 aliphatic heterocycles. The van der Waals surface area contributed by atoms with Crippen LogP contribution in [-0.4, -0.2) is 12.4 Å². The van der Waals surface area contributed by atoms with Crippen LogP contribution >= 0.6 is 0 Å². The molecule has 0 saturated carbocycles. The van der Waals surface area contributed by atoms with Crippen molar-refractivity contribution in [3.8, 4) is 0 Å². The van der Waals surface area contributed by atoms with Gasteiger partial charge in [0.15, 0.2) is 0 Å². The van der Waals surface area contributed by atoms with Crippen molar-refractivity contribution in [1.82, 2.24) is 0 Å². The molecule has 0 radical (unpaired) electrons. The summed E-state index contributed by atoms with van der Waals surface area (Å²) < 4.78 is 0. The number of para-hydroxylation sites is 2. The van der Waals surface area contributed by atoms with Crippen molar-refractivity contribution in [2.45, 2.75) is 26.2 Å². The number of hydrogen-bond donors (Lipinski definition) is 1. The Labute approximate surface area is 78.0 Å². The summed E-state index contributed by atoms with van der Waals surface area (Å²) in [7, 11) is 0. The third-order valence-electron chi connectivity index (χ3n) is 2.27. The molecule has 1 atom stereocenters. The highest BCUT2D eigenvalue weighted by molar-refractivity contribution is 5.75. The van der Waals surface area contributed by atoms with Crippen LogP contribution in [0.4, 0.5) is 11.4 Å². The number of nitrogens with one attached hydrogen (secondary N) is 1. The van der Waals surface area contributed by atoms with Crippen LogP contribution in [0, 0.1) is 0 Å². The summed E-state index contributed by atoms with van der Waals surface area (Å²) in [6.07, 6.45) is -0.836. The molecule has 0 bridgehead atoms. The molecule has 0 fully saturated rings. The minimum absolute atomic E-state index is 0.235. The van der Waals surface area contributed by atoms with E-state index < -0.39 is 6.35 Å². The lowest BCUT2D eigenvalue weighted by Gasteiger charge is -2.34. The van der Waals surface area contributed by atoms with E-state index in [1.807, 2.05) is 43.0 Å². The molecule has 1 aliphatic rings. The highest BCUT2D eigenvalue weighted by atomic mass is 16.3. The highest BCUT2D eigenvalue weighted by Gasteiger charge is 2.22. The number of anilines is 2. The predicted molar refractivity (Wildman–Crippen MR) is 51.5 cm³/mol. The highest BCUT2D eigenvalue weighted by Crippen LogP contribution is 2.33. The maximum Gasteiger partial charge on any atom is 0.0610 e. The van der Waals surface area contributed by atoms with Gasteiger partial charge in [-0.2, -0.15) is 0 Å². The second-order valence-electron chi connectivity index (χ2n) is 3.51. The van der Waals surface area contributed by atoms with E-state index in [0.29, 0.717) is 0 Å². The molecule has 1 aromatic rings. The van der Waals surface area contributed by atoms with Gasteiger partial charge < -0.3 is 15.3 Å². The van der Waals surface area contributed by atoms with E-state index in [1.54, 1.807) is 0 Å². The first-order valence-electron chi connectivity index (χ1n) is 4.50. The Kier molecular flexibility index (Phi) is 1.88. The fourth-order valence-corrected chi connectivity index (χ4v) is 1.70. The van der Waals surface area contributed by atoms with Gasteiger partial charge in [-0.25, -0.2) is 0 Å². The topological polar surface area (TPSA) is 38.3 Å². The first-order valence-corrected chi connectivity index (χ1v) is 4.50. The van der Waals surface area contributed by atoms with Crippen LogP contribution in [0.25, 0.3) is 0 Å². The normalized spacial score (nSPS) is 20.3. The van der Waals surface area contributed by atoms with Gasteiger partial charge in [-0.1, -0.05) is 12.1 Å². The Morgan fingerprint density at radius 3 is 2.77 bits per heavy atom. The number of rotatable bonds is 1. The number of nitrogens with zero attached hydrogens (tertiary/aromatic N) is 1. The van der Waals surface area contributed by atoms with Crippen molar-refractivity contribution in [2.75, 3.05) is 10.2 Å². The van der Waals surface area contributed by atoms with E-state index in [2.05, 4.69) is 5.32 Å². The molecule has 1 unspecified atom stereocenters. The summed E-state index contributed by atoms with van der Waals surface area (Å²) in [5.41, 5.74) is 1.95. The number of fused-ring (bicyclic) bond motifs is 1. The van der Waals surface area contributed by atoms with Gasteiger partial charge in [-0.15, -0.1) is 0 Å². The molecule has 0 saturated heterocycles. The van der Waals surface area contributed by atoms with E-state index in [1.165, 1.54) is 0 Å². The lowest BCUT2D eigenvalue weighted by molar-refractivity contribution is -0.408. The van der Waals surface area contributed by atoms with Gasteiger partial charge >= 0.3 is 0 Å². The van der Waals surface area contributed by atoms with Gasteiger partial charge in [-0.05, 0) is 26.0 Å². The second kappa shape index (κ2) is 2.92. The molecule has 1 N–H and O–H groups in total. The zero-order valence-electron chi connectivity index (χ0n) is 7.82. The minimum Gasteiger partial charge on any atom is -0.820 e. The molecule has 3 nitrogen and oxygen atoms in total. The van der Waals surface area contributed by atoms with Crippen LogP contribution in [0.2, 0.25) is 0 Å². The Morgan fingerprint density at radius 1 is 1.38 bits per heavy atom. The molecule has 70 valence electrons. The lowest BCUT2D eigenvalue weighted by Crippen LogP contribution is -2.49. The molecule has 0 aliphatic carbocycles. The summed E-state index contributed by atoms with van der Waals surface area (Å²) in [5.74, 6) is 0. The zero-order chi connectivity index (χ0) is 9.42. The number of benzene rings is 1. The van der Waals surface area contributed by atoms with Crippen molar-refractivity contribution < 1.29 is 5.11 Å². The predicted octanol–water partition coefficient (Wildman–Crippen LogP) is 0.971. The molecule has 0 aromatic heterocycles. The van der Waals surface area contributed by atoms with Gasteiger partial charge in [0, 0.05) is 12.4 Å². The maximum atomic E-state index is 11.6. The molecule has 1 heterocycles. The van der Waals surface area contributed by atoms with E-state index in [0.717, 1.165) is 11.4 Å². The van der Waals surface area contributed by atoms with Gasteiger partial charge in [-0.3, -0.25) is 0 Å². The average Bonchev–Trinajstić information content (AvgIpc) is 2.39. The van der Waals surface area contributed by atoms with Crippen LogP contribution in [0.15, 0.2) is 24.3 Å². The third-order valence-corrected chi connectivity index (χ3v) is 2.27. The van der Waals surface area contributed by atoms with Crippen LogP contribution in [-0.2, 0) is 0 Å². The smallest absolute Gasteiger partial charge is 0.0610 e. The molecule has 13 heavy (non-hydrogen) atoms. The Hall–Kier alpha value is -1.22. The van der Waals surface area contributed by atoms with Crippen LogP contribution in [0.1, 0.15) is 13.8 Å². The molecule has 3 heteroatoms.